The number of pyridine rings is 1. The summed E-state index contributed by atoms with van der Waals surface area (Å²) in [6.07, 6.45) is 3.16. The summed E-state index contributed by atoms with van der Waals surface area (Å²) in [5.41, 5.74) is 2.90. The van der Waals surface area contributed by atoms with Gasteiger partial charge in [-0.3, -0.25) is 9.59 Å². The van der Waals surface area contributed by atoms with E-state index < -0.39 is 5.91 Å². The van der Waals surface area contributed by atoms with Gasteiger partial charge in [-0.15, -0.1) is 0 Å². The maximum absolute atomic E-state index is 12.2. The lowest BCUT2D eigenvalue weighted by Gasteiger charge is -2.10. The Morgan fingerprint density at radius 2 is 2.12 bits per heavy atom. The Kier molecular flexibility index (Phi) is 5.89. The lowest BCUT2D eigenvalue weighted by atomic mass is 10.2. The zero-order valence-electron chi connectivity index (χ0n) is 14.0. The van der Waals surface area contributed by atoms with E-state index in [9.17, 15) is 9.59 Å². The molecule has 126 valence electrons. The lowest BCUT2D eigenvalue weighted by Crippen LogP contribution is -2.31. The van der Waals surface area contributed by atoms with Crippen molar-refractivity contribution in [2.45, 2.75) is 26.8 Å². The number of ether oxygens (including phenoxy) is 1. The van der Waals surface area contributed by atoms with Crippen LogP contribution < -0.4 is 15.7 Å². The fraction of sp³-hybridized carbons (Fsp3) is 0.278. The highest BCUT2D eigenvalue weighted by Gasteiger charge is 2.12. The second-order valence-electron chi connectivity index (χ2n) is 5.43. The van der Waals surface area contributed by atoms with Gasteiger partial charge in [0.05, 0.1) is 12.8 Å². The minimum Gasteiger partial charge on any atom is -0.494 e. The van der Waals surface area contributed by atoms with Gasteiger partial charge in [0.15, 0.2) is 0 Å². The first-order valence-electron chi connectivity index (χ1n) is 7.80. The predicted molar refractivity (Wildman–Crippen MR) is 93.8 cm³/mol. The third kappa shape index (κ3) is 4.32. The van der Waals surface area contributed by atoms with E-state index in [0.717, 1.165) is 11.3 Å². The first-order chi connectivity index (χ1) is 11.5. The second-order valence-corrected chi connectivity index (χ2v) is 5.43. The van der Waals surface area contributed by atoms with Gasteiger partial charge in [-0.2, -0.15) is 5.10 Å². The van der Waals surface area contributed by atoms with Crippen molar-refractivity contribution in [1.29, 1.82) is 0 Å². The van der Waals surface area contributed by atoms with E-state index in [-0.39, 0.29) is 17.2 Å². The van der Waals surface area contributed by atoms with E-state index in [4.69, 9.17) is 4.74 Å². The molecule has 0 saturated heterocycles. The number of nitrogens with one attached hydrogen (secondary N) is 1. The molecule has 0 fully saturated rings. The molecule has 2 aromatic rings. The van der Waals surface area contributed by atoms with E-state index in [2.05, 4.69) is 10.5 Å². The average Bonchev–Trinajstić information content (AvgIpc) is 2.55. The highest BCUT2D eigenvalue weighted by atomic mass is 16.5. The van der Waals surface area contributed by atoms with Gasteiger partial charge in [0.2, 0.25) is 0 Å². The number of benzene rings is 1. The van der Waals surface area contributed by atoms with Crippen LogP contribution in [0.15, 0.2) is 52.5 Å². The van der Waals surface area contributed by atoms with Crippen LogP contribution in [-0.4, -0.2) is 23.3 Å². The number of hydrogen-bond acceptors (Lipinski definition) is 4. The summed E-state index contributed by atoms with van der Waals surface area (Å²) < 4.78 is 6.91. The van der Waals surface area contributed by atoms with E-state index in [0.29, 0.717) is 6.61 Å². The monoisotopic (exact) mass is 327 g/mol. The Morgan fingerprint density at radius 3 is 2.83 bits per heavy atom. The Labute approximate surface area is 140 Å². The normalized spacial score (nSPS) is 11.0. The standard InChI is InChI=1S/C18H21N3O3/c1-4-24-15-8-5-7-14(11-15)12-19-20-17(22)16-9-6-10-21(13(2)3)18(16)23/h5-13H,4H2,1-3H3,(H,20,22)/b19-12-. The minimum atomic E-state index is -0.535. The molecule has 0 bridgehead atoms. The smallest absolute Gasteiger partial charge is 0.276 e. The number of aromatic nitrogens is 1. The number of carbonyl (C=O) groups is 1. The second kappa shape index (κ2) is 8.10. The van der Waals surface area contributed by atoms with Crippen molar-refractivity contribution < 1.29 is 9.53 Å². The molecule has 0 unspecified atom stereocenters. The van der Waals surface area contributed by atoms with Crippen molar-refractivity contribution in [3.8, 4) is 5.75 Å². The van der Waals surface area contributed by atoms with Crippen LogP contribution in [-0.2, 0) is 0 Å². The third-order valence-electron chi connectivity index (χ3n) is 3.32. The fourth-order valence-electron chi connectivity index (χ4n) is 2.17. The summed E-state index contributed by atoms with van der Waals surface area (Å²) in [7, 11) is 0. The number of hydrogen-bond donors (Lipinski definition) is 1. The summed E-state index contributed by atoms with van der Waals surface area (Å²) in [5, 5.41) is 3.91. The minimum absolute atomic E-state index is 0.0185. The van der Waals surface area contributed by atoms with Crippen LogP contribution in [0.5, 0.6) is 5.75 Å². The third-order valence-corrected chi connectivity index (χ3v) is 3.32. The van der Waals surface area contributed by atoms with Crippen molar-refractivity contribution in [2.75, 3.05) is 6.61 Å². The summed E-state index contributed by atoms with van der Waals surface area (Å²) in [6.45, 7) is 6.25. The van der Waals surface area contributed by atoms with Gasteiger partial charge in [-0.25, -0.2) is 5.43 Å². The van der Waals surface area contributed by atoms with E-state index in [1.165, 1.54) is 16.8 Å². The van der Waals surface area contributed by atoms with Crippen LogP contribution >= 0.6 is 0 Å². The molecule has 6 nitrogen and oxygen atoms in total. The number of amides is 1. The first kappa shape index (κ1) is 17.5. The van der Waals surface area contributed by atoms with Gasteiger partial charge in [0.1, 0.15) is 11.3 Å². The topological polar surface area (TPSA) is 72.7 Å². The summed E-state index contributed by atoms with van der Waals surface area (Å²) >= 11 is 0. The van der Waals surface area contributed by atoms with Crippen LogP contribution in [0.25, 0.3) is 0 Å². The maximum Gasteiger partial charge on any atom is 0.276 e. The summed E-state index contributed by atoms with van der Waals surface area (Å²) in [6, 6.07) is 10.5. The molecule has 0 spiro atoms. The summed E-state index contributed by atoms with van der Waals surface area (Å²) in [4.78, 5) is 24.4. The molecule has 1 aromatic carbocycles. The van der Waals surface area contributed by atoms with Crippen molar-refractivity contribution in [3.63, 3.8) is 0 Å². The fourth-order valence-corrected chi connectivity index (χ4v) is 2.17. The van der Waals surface area contributed by atoms with Crippen molar-refractivity contribution in [1.82, 2.24) is 9.99 Å². The first-order valence-corrected chi connectivity index (χ1v) is 7.80. The number of nitrogens with zero attached hydrogens (tertiary/aromatic N) is 2. The molecule has 0 atom stereocenters. The number of hydrazone groups is 1. The van der Waals surface area contributed by atoms with E-state index in [1.807, 2.05) is 45.0 Å². The molecule has 0 radical (unpaired) electrons. The molecule has 1 amide bonds. The molecule has 1 N–H and O–H groups in total. The van der Waals surface area contributed by atoms with Crippen LogP contribution in [0.4, 0.5) is 0 Å². The van der Waals surface area contributed by atoms with Gasteiger partial charge in [-0.05, 0) is 50.6 Å². The van der Waals surface area contributed by atoms with Gasteiger partial charge >= 0.3 is 0 Å². The van der Waals surface area contributed by atoms with Gasteiger partial charge in [0.25, 0.3) is 11.5 Å². The lowest BCUT2D eigenvalue weighted by molar-refractivity contribution is 0.0953. The molecule has 24 heavy (non-hydrogen) atoms. The Balaban J connectivity index is 2.10. The molecule has 0 aliphatic heterocycles. The molecule has 0 aliphatic carbocycles. The van der Waals surface area contributed by atoms with Crippen molar-refractivity contribution >= 4 is 12.1 Å². The highest BCUT2D eigenvalue weighted by Crippen LogP contribution is 2.11. The Bertz CT molecular complexity index is 794. The average molecular weight is 327 g/mol. The largest absolute Gasteiger partial charge is 0.494 e. The molecule has 0 saturated carbocycles. The molecular weight excluding hydrogens is 306 g/mol. The molecule has 1 aromatic heterocycles. The molecule has 2 rings (SSSR count). The van der Waals surface area contributed by atoms with Crippen molar-refractivity contribution in [3.05, 3.63) is 64.1 Å². The van der Waals surface area contributed by atoms with E-state index >= 15 is 0 Å². The maximum atomic E-state index is 12.2. The van der Waals surface area contributed by atoms with Crippen LogP contribution in [0.2, 0.25) is 0 Å². The Morgan fingerprint density at radius 1 is 1.33 bits per heavy atom. The quantitative estimate of drug-likeness (QED) is 0.655. The van der Waals surface area contributed by atoms with Gasteiger partial charge in [0, 0.05) is 12.2 Å². The SMILES string of the molecule is CCOc1cccc(/C=N\NC(=O)c2cccn(C(C)C)c2=O)c1. The molecule has 6 heteroatoms. The van der Waals surface area contributed by atoms with Crippen molar-refractivity contribution in [2.24, 2.45) is 5.10 Å². The molecule has 0 aliphatic rings. The van der Waals surface area contributed by atoms with Crippen LogP contribution in [0.1, 0.15) is 42.7 Å². The van der Waals surface area contributed by atoms with E-state index in [1.54, 1.807) is 12.3 Å². The summed E-state index contributed by atoms with van der Waals surface area (Å²) in [5.74, 6) is 0.197. The molecule has 1 heterocycles. The number of carbonyl (C=O) groups excluding carboxylic acids is 1. The molecular formula is C18H21N3O3. The predicted octanol–water partition coefficient (Wildman–Crippen LogP) is 2.59. The zero-order valence-corrected chi connectivity index (χ0v) is 14.0. The van der Waals surface area contributed by atoms with Gasteiger partial charge in [-0.1, -0.05) is 12.1 Å². The van der Waals surface area contributed by atoms with Crippen LogP contribution in [0, 0.1) is 0 Å². The van der Waals surface area contributed by atoms with Crippen LogP contribution in [0.3, 0.4) is 0 Å². The number of rotatable bonds is 6. The zero-order chi connectivity index (χ0) is 17.5. The Hall–Kier alpha value is -2.89. The van der Waals surface area contributed by atoms with Gasteiger partial charge < -0.3 is 9.30 Å². The highest BCUT2D eigenvalue weighted by molar-refractivity contribution is 5.94.